The van der Waals surface area contributed by atoms with E-state index in [1.807, 2.05) is 13.8 Å². The fourth-order valence-electron chi connectivity index (χ4n) is 1.74. The number of esters is 1. The molecule has 1 saturated carbocycles. The first-order chi connectivity index (χ1) is 6.59. The number of carbonyl (C=O) groups excluding carboxylic acids is 1. The van der Waals surface area contributed by atoms with Crippen LogP contribution in [0.1, 0.15) is 39.5 Å². The largest absolute Gasteiger partial charge is 0.465 e. The van der Waals surface area contributed by atoms with Gasteiger partial charge in [-0.3, -0.25) is 4.79 Å². The molecule has 0 spiro atoms. The SMILES string of the molecule is CC(C)COC(=O)C1CCCC(O)C1. The summed E-state index contributed by atoms with van der Waals surface area (Å²) in [7, 11) is 0. The Bertz CT molecular complexity index is 189. The fourth-order valence-corrected chi connectivity index (χ4v) is 1.74. The molecule has 0 aliphatic heterocycles. The maximum atomic E-state index is 11.5. The normalized spacial score (nSPS) is 27.7. The van der Waals surface area contributed by atoms with Gasteiger partial charge in [-0.25, -0.2) is 0 Å². The Morgan fingerprint density at radius 2 is 2.21 bits per heavy atom. The minimum absolute atomic E-state index is 0.0718. The second kappa shape index (κ2) is 5.35. The average molecular weight is 200 g/mol. The number of carbonyl (C=O) groups is 1. The van der Waals surface area contributed by atoms with Crippen molar-refractivity contribution < 1.29 is 14.6 Å². The Hall–Kier alpha value is -0.570. The predicted molar refractivity (Wildman–Crippen MR) is 53.8 cm³/mol. The lowest BCUT2D eigenvalue weighted by Crippen LogP contribution is -2.28. The van der Waals surface area contributed by atoms with Crippen molar-refractivity contribution in [2.24, 2.45) is 11.8 Å². The van der Waals surface area contributed by atoms with Crippen LogP contribution in [0.4, 0.5) is 0 Å². The molecule has 0 radical (unpaired) electrons. The quantitative estimate of drug-likeness (QED) is 0.706. The summed E-state index contributed by atoms with van der Waals surface area (Å²) < 4.78 is 5.14. The molecule has 1 fully saturated rings. The minimum atomic E-state index is -0.305. The molecule has 1 aliphatic carbocycles. The molecule has 1 rings (SSSR count). The van der Waals surface area contributed by atoms with Gasteiger partial charge in [-0.1, -0.05) is 20.3 Å². The molecule has 3 heteroatoms. The van der Waals surface area contributed by atoms with Crippen molar-refractivity contribution in [3.63, 3.8) is 0 Å². The van der Waals surface area contributed by atoms with Crippen LogP contribution in [0.3, 0.4) is 0 Å². The third kappa shape index (κ3) is 3.66. The topological polar surface area (TPSA) is 46.5 Å². The van der Waals surface area contributed by atoms with E-state index in [-0.39, 0.29) is 18.0 Å². The molecule has 82 valence electrons. The second-order valence-corrected chi connectivity index (χ2v) is 4.54. The Morgan fingerprint density at radius 1 is 1.50 bits per heavy atom. The molecule has 0 saturated heterocycles. The molecule has 0 aromatic rings. The van der Waals surface area contributed by atoms with Crippen LogP contribution in [0, 0.1) is 11.8 Å². The van der Waals surface area contributed by atoms with E-state index in [9.17, 15) is 9.90 Å². The monoisotopic (exact) mass is 200 g/mol. The van der Waals surface area contributed by atoms with Gasteiger partial charge in [0.25, 0.3) is 0 Å². The van der Waals surface area contributed by atoms with Crippen molar-refractivity contribution in [3.05, 3.63) is 0 Å². The smallest absolute Gasteiger partial charge is 0.309 e. The van der Waals surface area contributed by atoms with Crippen molar-refractivity contribution >= 4 is 5.97 Å². The Morgan fingerprint density at radius 3 is 2.79 bits per heavy atom. The van der Waals surface area contributed by atoms with Gasteiger partial charge in [-0.2, -0.15) is 0 Å². The second-order valence-electron chi connectivity index (χ2n) is 4.54. The average Bonchev–Trinajstić information content (AvgIpc) is 2.14. The van der Waals surface area contributed by atoms with Crippen LogP contribution < -0.4 is 0 Å². The molecular weight excluding hydrogens is 180 g/mol. The lowest BCUT2D eigenvalue weighted by Gasteiger charge is -2.24. The van der Waals surface area contributed by atoms with Crippen LogP contribution in [0.15, 0.2) is 0 Å². The highest BCUT2D eigenvalue weighted by Gasteiger charge is 2.27. The van der Waals surface area contributed by atoms with Crippen molar-refractivity contribution in [2.75, 3.05) is 6.61 Å². The van der Waals surface area contributed by atoms with Gasteiger partial charge in [0.15, 0.2) is 0 Å². The first-order valence-electron chi connectivity index (χ1n) is 5.44. The summed E-state index contributed by atoms with van der Waals surface area (Å²) >= 11 is 0. The summed E-state index contributed by atoms with van der Waals surface area (Å²) in [5.74, 6) is 0.183. The molecule has 0 aromatic carbocycles. The van der Waals surface area contributed by atoms with Crippen LogP contribution in [0.5, 0.6) is 0 Å². The van der Waals surface area contributed by atoms with Crippen LogP contribution in [0.2, 0.25) is 0 Å². The van der Waals surface area contributed by atoms with E-state index in [0.29, 0.717) is 18.9 Å². The maximum Gasteiger partial charge on any atom is 0.309 e. The number of ether oxygens (including phenoxy) is 1. The summed E-state index contributed by atoms with van der Waals surface area (Å²) in [4.78, 5) is 11.5. The zero-order valence-electron chi connectivity index (χ0n) is 9.03. The van der Waals surface area contributed by atoms with Gasteiger partial charge >= 0.3 is 5.97 Å². The number of aliphatic hydroxyl groups is 1. The lowest BCUT2D eigenvalue weighted by molar-refractivity contribution is -0.152. The molecular formula is C11H20O3. The Labute approximate surface area is 85.5 Å². The van der Waals surface area contributed by atoms with Crippen LogP contribution in [-0.4, -0.2) is 23.8 Å². The van der Waals surface area contributed by atoms with E-state index in [4.69, 9.17) is 4.74 Å². The summed E-state index contributed by atoms with van der Waals surface area (Å²) in [5, 5.41) is 9.40. The van der Waals surface area contributed by atoms with Crippen LogP contribution in [0.25, 0.3) is 0 Å². The zero-order valence-corrected chi connectivity index (χ0v) is 9.03. The van der Waals surface area contributed by atoms with Crippen molar-refractivity contribution in [1.82, 2.24) is 0 Å². The minimum Gasteiger partial charge on any atom is -0.465 e. The number of hydrogen-bond donors (Lipinski definition) is 1. The van der Waals surface area contributed by atoms with Crippen molar-refractivity contribution in [3.8, 4) is 0 Å². The molecule has 2 unspecified atom stereocenters. The van der Waals surface area contributed by atoms with E-state index in [1.165, 1.54) is 0 Å². The molecule has 2 atom stereocenters. The van der Waals surface area contributed by atoms with Crippen molar-refractivity contribution in [2.45, 2.75) is 45.6 Å². The van der Waals surface area contributed by atoms with E-state index in [1.54, 1.807) is 0 Å². The van der Waals surface area contributed by atoms with Gasteiger partial charge in [0.1, 0.15) is 0 Å². The van der Waals surface area contributed by atoms with Gasteiger partial charge in [0, 0.05) is 0 Å². The predicted octanol–water partition coefficient (Wildman–Crippen LogP) is 1.74. The first-order valence-corrected chi connectivity index (χ1v) is 5.44. The fraction of sp³-hybridized carbons (Fsp3) is 0.909. The summed E-state index contributed by atoms with van der Waals surface area (Å²) in [6.07, 6.45) is 2.90. The molecule has 0 aromatic heterocycles. The molecule has 0 heterocycles. The molecule has 3 nitrogen and oxygen atoms in total. The summed E-state index contributed by atoms with van der Waals surface area (Å²) in [6, 6.07) is 0. The highest BCUT2D eigenvalue weighted by Crippen LogP contribution is 2.25. The van der Waals surface area contributed by atoms with Crippen molar-refractivity contribution in [1.29, 1.82) is 0 Å². The third-order valence-corrected chi connectivity index (χ3v) is 2.54. The third-order valence-electron chi connectivity index (χ3n) is 2.54. The number of aliphatic hydroxyl groups excluding tert-OH is 1. The van der Waals surface area contributed by atoms with Crippen LogP contribution in [-0.2, 0) is 9.53 Å². The highest BCUT2D eigenvalue weighted by molar-refractivity contribution is 5.72. The van der Waals surface area contributed by atoms with Gasteiger partial charge < -0.3 is 9.84 Å². The van der Waals surface area contributed by atoms with E-state index < -0.39 is 0 Å². The summed E-state index contributed by atoms with van der Waals surface area (Å²) in [6.45, 7) is 4.53. The van der Waals surface area contributed by atoms with Gasteiger partial charge in [-0.05, 0) is 25.2 Å². The molecule has 1 aliphatic rings. The first kappa shape index (κ1) is 11.5. The van der Waals surface area contributed by atoms with E-state index >= 15 is 0 Å². The van der Waals surface area contributed by atoms with E-state index in [2.05, 4.69) is 0 Å². The van der Waals surface area contributed by atoms with E-state index in [0.717, 1.165) is 19.3 Å². The molecule has 0 amide bonds. The Balaban J connectivity index is 2.29. The van der Waals surface area contributed by atoms with Gasteiger partial charge in [0.2, 0.25) is 0 Å². The Kier molecular flexibility index (Phi) is 4.39. The van der Waals surface area contributed by atoms with Gasteiger partial charge in [0.05, 0.1) is 18.6 Å². The van der Waals surface area contributed by atoms with Gasteiger partial charge in [-0.15, -0.1) is 0 Å². The number of hydrogen-bond acceptors (Lipinski definition) is 3. The molecule has 14 heavy (non-hydrogen) atoms. The standard InChI is InChI=1S/C11H20O3/c1-8(2)7-14-11(13)9-4-3-5-10(12)6-9/h8-10,12H,3-7H2,1-2H3. The van der Waals surface area contributed by atoms with Crippen LogP contribution >= 0.6 is 0 Å². The summed E-state index contributed by atoms with van der Waals surface area (Å²) in [5.41, 5.74) is 0. The molecule has 0 bridgehead atoms. The maximum absolute atomic E-state index is 11.5. The molecule has 1 N–H and O–H groups in total. The number of rotatable bonds is 3. The lowest BCUT2D eigenvalue weighted by atomic mass is 9.87. The zero-order chi connectivity index (χ0) is 10.6. The highest BCUT2D eigenvalue weighted by atomic mass is 16.5.